The third-order valence-electron chi connectivity index (χ3n) is 3.46. The Balaban J connectivity index is 2.02. The Morgan fingerprint density at radius 2 is 2.41 bits per heavy atom. The summed E-state index contributed by atoms with van der Waals surface area (Å²) in [5.41, 5.74) is 0.487. The Morgan fingerprint density at radius 3 is 3.06 bits per heavy atom. The molecule has 1 aliphatic carbocycles. The molecule has 4 heteroatoms. The van der Waals surface area contributed by atoms with Gasteiger partial charge in [0.05, 0.1) is 0 Å². The lowest BCUT2D eigenvalue weighted by Crippen LogP contribution is -2.44. The van der Waals surface area contributed by atoms with E-state index in [2.05, 4.69) is 36.5 Å². The van der Waals surface area contributed by atoms with Crippen molar-refractivity contribution >= 4 is 23.1 Å². The summed E-state index contributed by atoms with van der Waals surface area (Å²) in [4.78, 5) is 4.41. The topological polar surface area (TPSA) is 24.9 Å². The van der Waals surface area contributed by atoms with Crippen molar-refractivity contribution in [3.8, 4) is 0 Å². The molecule has 2 rings (SSSR count). The van der Waals surface area contributed by atoms with E-state index < -0.39 is 0 Å². The summed E-state index contributed by atoms with van der Waals surface area (Å²) in [6.45, 7) is 8.06. The first-order chi connectivity index (χ1) is 8.11. The lowest BCUT2D eigenvalue weighted by atomic mass is 9.75. The molecule has 0 bridgehead atoms. The average molecular weight is 270 g/mol. The summed E-state index contributed by atoms with van der Waals surface area (Å²) in [5, 5.41) is 6.38. The molecular formula is C13H22N2S2. The van der Waals surface area contributed by atoms with Crippen molar-refractivity contribution in [3.05, 3.63) is 11.6 Å². The third kappa shape index (κ3) is 3.70. The number of thioether (sulfide) groups is 1. The monoisotopic (exact) mass is 270 g/mol. The number of nitrogens with one attached hydrogen (secondary N) is 1. The predicted octanol–water partition coefficient (Wildman–Crippen LogP) is 3.79. The van der Waals surface area contributed by atoms with Crippen molar-refractivity contribution in [1.82, 2.24) is 10.3 Å². The summed E-state index contributed by atoms with van der Waals surface area (Å²) in [7, 11) is 0. The molecule has 2 atom stereocenters. The molecule has 2 unspecified atom stereocenters. The van der Waals surface area contributed by atoms with Gasteiger partial charge in [-0.15, -0.1) is 11.3 Å². The molecule has 96 valence electrons. The van der Waals surface area contributed by atoms with Crippen molar-refractivity contribution in [2.24, 2.45) is 5.41 Å². The SMILES string of the molecule is CCNC1CCC(C)(C)CC1Sc1nccs1. The summed E-state index contributed by atoms with van der Waals surface area (Å²) in [6, 6.07) is 0.655. The smallest absolute Gasteiger partial charge is 0.150 e. The van der Waals surface area contributed by atoms with Gasteiger partial charge >= 0.3 is 0 Å². The normalized spacial score (nSPS) is 28.2. The van der Waals surface area contributed by atoms with E-state index >= 15 is 0 Å². The van der Waals surface area contributed by atoms with Crippen LogP contribution in [0.4, 0.5) is 0 Å². The molecule has 0 radical (unpaired) electrons. The van der Waals surface area contributed by atoms with Gasteiger partial charge in [-0.2, -0.15) is 0 Å². The maximum Gasteiger partial charge on any atom is 0.150 e. The summed E-state index contributed by atoms with van der Waals surface area (Å²) in [6.07, 6.45) is 5.82. The van der Waals surface area contributed by atoms with Gasteiger partial charge in [-0.1, -0.05) is 32.5 Å². The van der Waals surface area contributed by atoms with Crippen LogP contribution in [0, 0.1) is 5.41 Å². The maximum atomic E-state index is 4.41. The van der Waals surface area contributed by atoms with Crippen LogP contribution in [0.3, 0.4) is 0 Å². The molecule has 0 saturated heterocycles. The van der Waals surface area contributed by atoms with Gasteiger partial charge in [-0.25, -0.2) is 4.98 Å². The molecule has 2 nitrogen and oxygen atoms in total. The Morgan fingerprint density at radius 1 is 1.59 bits per heavy atom. The predicted molar refractivity (Wildman–Crippen MR) is 76.9 cm³/mol. The van der Waals surface area contributed by atoms with E-state index in [0.29, 0.717) is 16.7 Å². The highest BCUT2D eigenvalue weighted by atomic mass is 32.2. The van der Waals surface area contributed by atoms with E-state index in [-0.39, 0.29) is 0 Å². The van der Waals surface area contributed by atoms with Crippen LogP contribution in [0.15, 0.2) is 15.9 Å². The van der Waals surface area contributed by atoms with Gasteiger partial charge < -0.3 is 5.32 Å². The zero-order chi connectivity index (χ0) is 12.3. The second-order valence-electron chi connectivity index (χ2n) is 5.53. The fourth-order valence-corrected chi connectivity index (χ4v) is 4.97. The highest BCUT2D eigenvalue weighted by molar-refractivity contribution is 8.01. The van der Waals surface area contributed by atoms with Crippen molar-refractivity contribution in [2.45, 2.75) is 55.7 Å². The molecule has 17 heavy (non-hydrogen) atoms. The number of hydrogen-bond donors (Lipinski definition) is 1. The van der Waals surface area contributed by atoms with Crippen LogP contribution < -0.4 is 5.32 Å². The molecule has 1 heterocycles. The molecule has 0 spiro atoms. The van der Waals surface area contributed by atoms with Crippen LogP contribution >= 0.6 is 23.1 Å². The molecule has 1 aromatic rings. The van der Waals surface area contributed by atoms with Crippen molar-refractivity contribution in [2.75, 3.05) is 6.54 Å². The number of rotatable bonds is 4. The minimum Gasteiger partial charge on any atom is -0.313 e. The lowest BCUT2D eigenvalue weighted by molar-refractivity contribution is 0.215. The second-order valence-corrected chi connectivity index (χ2v) is 7.91. The molecule has 1 N–H and O–H groups in total. The Kier molecular flexibility index (Phi) is 4.50. The Bertz CT molecular complexity index is 335. The Hall–Kier alpha value is -0.0600. The zero-order valence-electron chi connectivity index (χ0n) is 10.9. The number of thiazole rings is 1. The molecule has 0 aromatic carbocycles. The molecule has 0 amide bonds. The highest BCUT2D eigenvalue weighted by Gasteiger charge is 2.35. The molecule has 1 aromatic heterocycles. The van der Waals surface area contributed by atoms with Gasteiger partial charge in [-0.3, -0.25) is 0 Å². The number of aromatic nitrogens is 1. The van der Waals surface area contributed by atoms with E-state index in [1.54, 1.807) is 11.3 Å². The van der Waals surface area contributed by atoms with Gasteiger partial charge in [0.15, 0.2) is 0 Å². The van der Waals surface area contributed by atoms with Crippen LogP contribution in [0.5, 0.6) is 0 Å². The van der Waals surface area contributed by atoms with Crippen LogP contribution in [-0.4, -0.2) is 22.8 Å². The first-order valence-electron chi connectivity index (χ1n) is 6.40. The minimum atomic E-state index is 0.487. The molecule has 1 fully saturated rings. The third-order valence-corrected chi connectivity index (χ3v) is 5.71. The fourth-order valence-electron chi connectivity index (χ4n) is 2.54. The van der Waals surface area contributed by atoms with E-state index in [1.165, 1.54) is 23.6 Å². The minimum absolute atomic E-state index is 0.487. The molecular weight excluding hydrogens is 248 g/mol. The maximum absolute atomic E-state index is 4.41. The van der Waals surface area contributed by atoms with Crippen LogP contribution in [0.2, 0.25) is 0 Å². The molecule has 1 saturated carbocycles. The largest absolute Gasteiger partial charge is 0.313 e. The highest BCUT2D eigenvalue weighted by Crippen LogP contribution is 2.42. The molecule has 0 aliphatic heterocycles. The van der Waals surface area contributed by atoms with Crippen LogP contribution in [-0.2, 0) is 0 Å². The summed E-state index contributed by atoms with van der Waals surface area (Å²) >= 11 is 3.73. The van der Waals surface area contributed by atoms with Gasteiger partial charge in [-0.05, 0) is 31.2 Å². The number of nitrogens with zero attached hydrogens (tertiary/aromatic N) is 1. The first-order valence-corrected chi connectivity index (χ1v) is 8.16. The van der Waals surface area contributed by atoms with Gasteiger partial charge in [0.1, 0.15) is 4.34 Å². The zero-order valence-corrected chi connectivity index (χ0v) is 12.5. The molecule has 1 aliphatic rings. The van der Waals surface area contributed by atoms with E-state index in [0.717, 1.165) is 6.54 Å². The fraction of sp³-hybridized carbons (Fsp3) is 0.769. The second kappa shape index (κ2) is 5.72. The average Bonchev–Trinajstić information content (AvgIpc) is 2.74. The summed E-state index contributed by atoms with van der Waals surface area (Å²) < 4.78 is 1.22. The van der Waals surface area contributed by atoms with E-state index in [4.69, 9.17) is 0 Å². The van der Waals surface area contributed by atoms with E-state index in [9.17, 15) is 0 Å². The quantitative estimate of drug-likeness (QED) is 0.901. The van der Waals surface area contributed by atoms with Crippen LogP contribution in [0.1, 0.15) is 40.0 Å². The summed E-state index contributed by atoms with van der Waals surface area (Å²) in [5.74, 6) is 0. The van der Waals surface area contributed by atoms with Gasteiger partial charge in [0.25, 0.3) is 0 Å². The van der Waals surface area contributed by atoms with Crippen molar-refractivity contribution in [1.29, 1.82) is 0 Å². The van der Waals surface area contributed by atoms with Crippen LogP contribution in [0.25, 0.3) is 0 Å². The lowest BCUT2D eigenvalue weighted by Gasteiger charge is -2.40. The van der Waals surface area contributed by atoms with E-state index in [1.807, 2.05) is 18.0 Å². The Labute approximate surface area is 113 Å². The number of hydrogen-bond acceptors (Lipinski definition) is 4. The first kappa shape index (κ1) is 13.4. The van der Waals surface area contributed by atoms with Gasteiger partial charge in [0, 0.05) is 22.9 Å². The van der Waals surface area contributed by atoms with Crippen molar-refractivity contribution in [3.63, 3.8) is 0 Å². The van der Waals surface area contributed by atoms with Gasteiger partial charge in [0.2, 0.25) is 0 Å². The van der Waals surface area contributed by atoms with Crippen molar-refractivity contribution < 1.29 is 0 Å². The standard InChI is InChI=1S/C13H22N2S2/c1-4-14-10-5-6-13(2,3)9-11(10)17-12-15-7-8-16-12/h7-8,10-11,14H,4-6,9H2,1-3H3.